The predicted molar refractivity (Wildman–Crippen MR) is 93.1 cm³/mol. The second-order valence-electron chi connectivity index (χ2n) is 6.00. The second kappa shape index (κ2) is 6.63. The lowest BCUT2D eigenvalue weighted by Crippen LogP contribution is -2.11. The molecule has 0 unspecified atom stereocenters. The molecule has 6 heteroatoms. The molecule has 0 saturated heterocycles. The molecule has 1 aliphatic carbocycles. The Morgan fingerprint density at radius 1 is 1.28 bits per heavy atom. The van der Waals surface area contributed by atoms with E-state index in [2.05, 4.69) is 12.1 Å². The van der Waals surface area contributed by atoms with Gasteiger partial charge >= 0.3 is 0 Å². The van der Waals surface area contributed by atoms with Crippen LogP contribution in [0.5, 0.6) is 5.75 Å². The highest BCUT2D eigenvalue weighted by Gasteiger charge is 2.27. The van der Waals surface area contributed by atoms with Crippen molar-refractivity contribution in [3.05, 3.63) is 46.2 Å². The third-order valence-electron chi connectivity index (χ3n) is 3.93. The number of ether oxygens (including phenoxy) is 1. The molecule has 3 rings (SSSR count). The lowest BCUT2D eigenvalue weighted by molar-refractivity contribution is 0.302. The minimum atomic E-state index is -0.684. The predicted octanol–water partition coefficient (Wildman–Crippen LogP) is 4.30. The van der Waals surface area contributed by atoms with Crippen molar-refractivity contribution in [2.24, 2.45) is 0 Å². The summed E-state index contributed by atoms with van der Waals surface area (Å²) in [6.45, 7) is 0. The summed E-state index contributed by atoms with van der Waals surface area (Å²) in [4.78, 5) is 1.73. The van der Waals surface area contributed by atoms with Crippen molar-refractivity contribution in [1.82, 2.24) is 0 Å². The zero-order valence-corrected chi connectivity index (χ0v) is 14.5. The van der Waals surface area contributed by atoms with Crippen molar-refractivity contribution in [1.29, 1.82) is 10.5 Å². The fourth-order valence-electron chi connectivity index (χ4n) is 2.54. The van der Waals surface area contributed by atoms with E-state index in [1.165, 1.54) is 12.1 Å². The van der Waals surface area contributed by atoms with Crippen LogP contribution in [0.2, 0.25) is 5.02 Å². The lowest BCUT2D eigenvalue weighted by Gasteiger charge is -2.18. The Morgan fingerprint density at radius 3 is 2.56 bits per heavy atom. The van der Waals surface area contributed by atoms with E-state index in [4.69, 9.17) is 16.3 Å². The highest BCUT2D eigenvalue weighted by atomic mass is 35.5. The molecular formula is C19H14ClFN3O. The Kier molecular flexibility index (Phi) is 4.53. The van der Waals surface area contributed by atoms with Gasteiger partial charge in [-0.15, -0.1) is 0 Å². The van der Waals surface area contributed by atoms with Crippen molar-refractivity contribution in [2.75, 3.05) is 19.0 Å². The number of rotatable bonds is 4. The highest BCUT2D eigenvalue weighted by Crippen LogP contribution is 2.40. The van der Waals surface area contributed by atoms with Crippen molar-refractivity contribution in [2.45, 2.75) is 18.9 Å². The van der Waals surface area contributed by atoms with Gasteiger partial charge in [-0.3, -0.25) is 0 Å². The first-order valence-electron chi connectivity index (χ1n) is 7.68. The summed E-state index contributed by atoms with van der Waals surface area (Å²) >= 11 is 6.29. The molecular weight excluding hydrogens is 341 g/mol. The molecule has 0 atom stereocenters. The van der Waals surface area contributed by atoms with Crippen LogP contribution in [-0.4, -0.2) is 20.2 Å². The average molecular weight is 355 g/mol. The third kappa shape index (κ3) is 3.24. The summed E-state index contributed by atoms with van der Waals surface area (Å²) in [6.07, 6.45) is 1.90. The van der Waals surface area contributed by atoms with Crippen LogP contribution in [0.1, 0.15) is 24.0 Å². The zero-order valence-electron chi connectivity index (χ0n) is 13.7. The maximum Gasteiger partial charge on any atom is 0.140 e. The number of anilines is 1. The lowest BCUT2D eigenvalue weighted by atomic mass is 9.96. The molecule has 0 bridgehead atoms. The van der Waals surface area contributed by atoms with Crippen LogP contribution in [0.25, 0.3) is 11.1 Å². The molecule has 25 heavy (non-hydrogen) atoms. The molecule has 2 aromatic rings. The summed E-state index contributed by atoms with van der Waals surface area (Å²) in [5.41, 5.74) is 1.40. The normalized spacial score (nSPS) is 13.0. The molecule has 4 nitrogen and oxygen atoms in total. The molecule has 1 fully saturated rings. The number of nitriles is 2. The number of benzene rings is 2. The van der Waals surface area contributed by atoms with Crippen LogP contribution in [0.15, 0.2) is 18.2 Å². The Balaban J connectivity index is 2.24. The first kappa shape index (κ1) is 17.1. The van der Waals surface area contributed by atoms with Gasteiger partial charge in [0.05, 0.1) is 22.4 Å². The van der Waals surface area contributed by atoms with Gasteiger partial charge in [-0.05, 0) is 31.0 Å². The summed E-state index contributed by atoms with van der Waals surface area (Å²) in [5.74, 6) is -0.385. The van der Waals surface area contributed by atoms with E-state index in [0.717, 1.165) is 12.8 Å². The number of hydrogen-bond donors (Lipinski definition) is 0. The van der Waals surface area contributed by atoms with Gasteiger partial charge in [0.2, 0.25) is 0 Å². The van der Waals surface area contributed by atoms with E-state index in [0.29, 0.717) is 22.6 Å². The molecule has 0 amide bonds. The summed E-state index contributed by atoms with van der Waals surface area (Å²) in [6, 6.07) is 11.0. The number of nitrogens with zero attached hydrogens (tertiary/aromatic N) is 3. The quantitative estimate of drug-likeness (QED) is 0.821. The van der Waals surface area contributed by atoms with E-state index < -0.39 is 5.82 Å². The largest absolute Gasteiger partial charge is 0.489 e. The van der Waals surface area contributed by atoms with Gasteiger partial charge in [-0.1, -0.05) is 11.6 Å². The zero-order chi connectivity index (χ0) is 18.1. The van der Waals surface area contributed by atoms with Gasteiger partial charge < -0.3 is 9.64 Å². The van der Waals surface area contributed by atoms with Gasteiger partial charge in [-0.25, -0.2) is 4.39 Å². The maximum atomic E-state index is 14.6. The fraction of sp³-hybridized carbons (Fsp3) is 0.263. The Bertz CT molecular complexity index is 924. The molecule has 0 N–H and O–H groups in total. The van der Waals surface area contributed by atoms with E-state index in [9.17, 15) is 14.9 Å². The van der Waals surface area contributed by atoms with Crippen LogP contribution >= 0.6 is 11.6 Å². The SMILES string of the molecule is CN(C)c1cc(-c2c(F)[c]cc(OC3CC3)c2C#N)c(Cl)cc1C#N. The minimum absolute atomic E-state index is 0.0400. The molecule has 125 valence electrons. The Morgan fingerprint density at radius 2 is 2.00 bits per heavy atom. The van der Waals surface area contributed by atoms with Crippen molar-refractivity contribution < 1.29 is 9.13 Å². The first-order valence-corrected chi connectivity index (χ1v) is 8.06. The molecule has 0 spiro atoms. The van der Waals surface area contributed by atoms with E-state index >= 15 is 0 Å². The van der Waals surface area contributed by atoms with Crippen LogP contribution in [0.3, 0.4) is 0 Å². The minimum Gasteiger partial charge on any atom is -0.489 e. The molecule has 0 aromatic heterocycles. The summed E-state index contributed by atoms with van der Waals surface area (Å²) in [7, 11) is 3.54. The molecule has 1 saturated carbocycles. The van der Waals surface area contributed by atoms with Crippen LogP contribution < -0.4 is 9.64 Å². The van der Waals surface area contributed by atoms with Crippen molar-refractivity contribution >= 4 is 17.3 Å². The topological polar surface area (TPSA) is 60.0 Å². The van der Waals surface area contributed by atoms with Crippen LogP contribution in [-0.2, 0) is 0 Å². The van der Waals surface area contributed by atoms with Gasteiger partial charge in [0.15, 0.2) is 0 Å². The molecule has 0 aliphatic heterocycles. The maximum absolute atomic E-state index is 14.6. The molecule has 1 aliphatic rings. The van der Waals surface area contributed by atoms with Crippen molar-refractivity contribution in [3.63, 3.8) is 0 Å². The van der Waals surface area contributed by atoms with E-state index in [1.807, 2.05) is 6.07 Å². The fourth-order valence-corrected chi connectivity index (χ4v) is 2.80. The smallest absolute Gasteiger partial charge is 0.140 e. The van der Waals surface area contributed by atoms with Gasteiger partial charge in [0, 0.05) is 31.3 Å². The van der Waals surface area contributed by atoms with Gasteiger partial charge in [-0.2, -0.15) is 10.5 Å². The van der Waals surface area contributed by atoms with Gasteiger partial charge in [0.1, 0.15) is 29.3 Å². The number of halogens is 2. The van der Waals surface area contributed by atoms with Crippen LogP contribution in [0, 0.1) is 34.5 Å². The standard InChI is InChI=1S/C19H14ClFN3O/c1-24(2)17-8-13(15(20)7-11(17)9-22)19-14(10-23)18(6-5-16(19)21)25-12-3-4-12/h6-8,12H,3-4H2,1-2H3. The van der Waals surface area contributed by atoms with E-state index in [1.54, 1.807) is 25.1 Å². The monoisotopic (exact) mass is 354 g/mol. The second-order valence-corrected chi connectivity index (χ2v) is 6.41. The molecule has 1 radical (unpaired) electrons. The molecule has 0 heterocycles. The third-order valence-corrected chi connectivity index (χ3v) is 4.25. The summed E-state index contributed by atoms with van der Waals surface area (Å²) < 4.78 is 20.3. The average Bonchev–Trinajstić information content (AvgIpc) is 3.40. The number of hydrogen-bond acceptors (Lipinski definition) is 4. The van der Waals surface area contributed by atoms with Gasteiger partial charge in [0.25, 0.3) is 0 Å². The first-order chi connectivity index (χ1) is 12.0. The Labute approximate surface area is 150 Å². The van der Waals surface area contributed by atoms with E-state index in [-0.39, 0.29) is 22.3 Å². The van der Waals surface area contributed by atoms with Crippen molar-refractivity contribution in [3.8, 4) is 29.0 Å². The van der Waals surface area contributed by atoms with Crippen LogP contribution in [0.4, 0.5) is 10.1 Å². The summed E-state index contributed by atoms with van der Waals surface area (Å²) in [5, 5.41) is 19.0. The Hall–Kier alpha value is -2.76. The molecule has 2 aromatic carbocycles. The highest BCUT2D eigenvalue weighted by molar-refractivity contribution is 6.33.